The number of Topliss-reactive ketones (excluding diaryl/α,β-unsaturated/α-hetero) is 1. The van der Waals surface area contributed by atoms with Crippen molar-refractivity contribution in [3.63, 3.8) is 0 Å². The van der Waals surface area contributed by atoms with E-state index in [-0.39, 0.29) is 39.6 Å². The smallest absolute Gasteiger partial charge is 0.587 e. The molecule has 0 radical (unpaired) electrons. The molecule has 0 saturated carbocycles. The fourth-order valence-electron chi connectivity index (χ4n) is 6.72. The Kier molecular flexibility index (Phi) is 7.63. The van der Waals surface area contributed by atoms with E-state index in [1.165, 1.54) is 12.1 Å². The SMILES string of the molecule is CC(C)C[C@H](CC(=O)CNC(=O)c1cc(Cl)ccc1Cl)[B-]12OC(=O)[C@H]3CN(c4ccccc4)C[C@H](C(=O)O1)[N+]32C. The van der Waals surface area contributed by atoms with Gasteiger partial charge in [0, 0.05) is 17.8 Å². The van der Waals surface area contributed by atoms with E-state index in [2.05, 4.69) is 5.32 Å². The zero-order valence-electron chi connectivity index (χ0n) is 22.6. The number of hydrogen-bond acceptors (Lipinski definition) is 7. The van der Waals surface area contributed by atoms with Crippen LogP contribution in [0.3, 0.4) is 0 Å². The van der Waals surface area contributed by atoms with Crippen LogP contribution in [0.5, 0.6) is 0 Å². The molecule has 3 aliphatic heterocycles. The van der Waals surface area contributed by atoms with Crippen LogP contribution >= 0.6 is 23.2 Å². The molecule has 3 fully saturated rings. The molecule has 5 rings (SSSR count). The number of hydrogen-bond donors (Lipinski definition) is 1. The van der Waals surface area contributed by atoms with E-state index in [1.807, 2.05) is 56.1 Å². The second-order valence-corrected chi connectivity index (χ2v) is 12.4. The van der Waals surface area contributed by atoms with Crippen molar-refractivity contribution in [3.05, 3.63) is 64.1 Å². The predicted octanol–water partition coefficient (Wildman–Crippen LogP) is 3.86. The van der Waals surface area contributed by atoms with Gasteiger partial charge in [-0.25, -0.2) is 9.59 Å². The molecule has 2 aromatic carbocycles. The highest BCUT2D eigenvalue weighted by molar-refractivity contribution is 6.68. The number of carbonyl (C=O) groups excluding carboxylic acids is 4. The lowest BCUT2D eigenvalue weighted by Crippen LogP contribution is -2.74. The number of para-hydroxylation sites is 1. The molecule has 1 N–H and O–H groups in total. The summed E-state index contributed by atoms with van der Waals surface area (Å²) in [7, 11) is 1.86. The maximum atomic E-state index is 13.4. The third-order valence-electron chi connectivity index (χ3n) is 8.62. The molecule has 212 valence electrons. The van der Waals surface area contributed by atoms with E-state index in [0.29, 0.717) is 24.5 Å². The summed E-state index contributed by atoms with van der Waals surface area (Å²) in [6.07, 6.45) is 0.466. The second-order valence-electron chi connectivity index (χ2n) is 11.5. The zero-order valence-corrected chi connectivity index (χ0v) is 24.2. The van der Waals surface area contributed by atoms with Gasteiger partial charge >= 0.3 is 18.6 Å². The van der Waals surface area contributed by atoms with Gasteiger partial charge in [0.25, 0.3) is 5.91 Å². The van der Waals surface area contributed by atoms with Gasteiger partial charge in [0.1, 0.15) is 5.78 Å². The molecule has 9 nitrogen and oxygen atoms in total. The molecular weight excluding hydrogens is 556 g/mol. The molecule has 0 aliphatic carbocycles. The van der Waals surface area contributed by atoms with Crippen molar-refractivity contribution < 1.29 is 32.9 Å². The molecule has 3 aliphatic rings. The van der Waals surface area contributed by atoms with Crippen molar-refractivity contribution in [1.29, 1.82) is 0 Å². The first-order chi connectivity index (χ1) is 19.0. The number of piperazine rings is 1. The van der Waals surface area contributed by atoms with Crippen LogP contribution in [0.2, 0.25) is 15.9 Å². The monoisotopic (exact) mass is 587 g/mol. The van der Waals surface area contributed by atoms with Crippen molar-refractivity contribution in [2.45, 2.75) is 44.6 Å². The standard InChI is InChI=1S/C28H32BCl2N3O6/c1-17(2)11-18(12-21(35)14-32-26(36)22-13-19(30)9-10-23(22)31)29-34(3)24(27(37)39-29)15-33(16-25(34)28(38)40-29)20-7-5-4-6-8-20/h4-10,13,17-18,24-25H,11-12,14-16H2,1-3H3,(H,32,36)/t18-,24-,25-,29?,34?/m1/s1. The first-order valence-electron chi connectivity index (χ1n) is 13.5. The van der Waals surface area contributed by atoms with Gasteiger partial charge in [0.2, 0.25) is 0 Å². The van der Waals surface area contributed by atoms with E-state index < -0.39 is 42.4 Å². The molecule has 3 saturated heterocycles. The van der Waals surface area contributed by atoms with Crippen molar-refractivity contribution >= 4 is 59.2 Å². The quantitative estimate of drug-likeness (QED) is 0.445. The lowest BCUT2D eigenvalue weighted by Gasteiger charge is -2.54. The number of carbonyl (C=O) groups is 4. The number of ketones is 1. The van der Waals surface area contributed by atoms with Crippen LogP contribution in [0.25, 0.3) is 0 Å². The molecule has 0 aromatic heterocycles. The molecule has 3 heterocycles. The van der Waals surface area contributed by atoms with Crippen LogP contribution in [0.1, 0.15) is 37.0 Å². The number of rotatable bonds is 9. The molecule has 0 unspecified atom stereocenters. The van der Waals surface area contributed by atoms with Gasteiger partial charge in [-0.05, 0) is 48.5 Å². The van der Waals surface area contributed by atoms with Crippen LogP contribution in [0, 0.1) is 5.92 Å². The lowest BCUT2D eigenvalue weighted by molar-refractivity contribution is -0.845. The summed E-state index contributed by atoms with van der Waals surface area (Å²) in [6, 6.07) is 12.9. The van der Waals surface area contributed by atoms with Crippen LogP contribution in [-0.4, -0.2) is 73.5 Å². The maximum absolute atomic E-state index is 13.4. The summed E-state index contributed by atoms with van der Waals surface area (Å²) in [4.78, 5) is 54.8. The Labute approximate surface area is 243 Å². The minimum absolute atomic E-state index is 0.0101. The van der Waals surface area contributed by atoms with Crippen LogP contribution in [-0.2, 0) is 23.7 Å². The molecule has 0 bridgehead atoms. The number of amides is 1. The van der Waals surface area contributed by atoms with Crippen molar-refractivity contribution in [1.82, 2.24) is 5.32 Å². The summed E-state index contributed by atoms with van der Waals surface area (Å²) in [5, 5.41) is 3.18. The van der Waals surface area contributed by atoms with Crippen molar-refractivity contribution in [2.75, 3.05) is 31.6 Å². The van der Waals surface area contributed by atoms with Crippen LogP contribution in [0.15, 0.2) is 48.5 Å². The summed E-state index contributed by atoms with van der Waals surface area (Å²) < 4.78 is 12.2. The summed E-state index contributed by atoms with van der Waals surface area (Å²) in [5.41, 5.74) is 1.08. The number of halogens is 2. The Balaban J connectivity index is 1.38. The molecule has 1 amide bonds. The number of likely N-dealkylation sites (N-methyl/N-ethyl adjacent to an activating group) is 1. The van der Waals surface area contributed by atoms with Crippen LogP contribution < -0.4 is 10.2 Å². The highest BCUT2D eigenvalue weighted by atomic mass is 35.5. The average Bonchev–Trinajstić information content (AvgIpc) is 3.28. The number of anilines is 1. The second kappa shape index (κ2) is 10.7. The minimum atomic E-state index is -2.52. The Hall–Kier alpha value is -3.08. The normalized spacial score (nSPS) is 27.7. The summed E-state index contributed by atoms with van der Waals surface area (Å²) in [6.45, 7) is 1.96. The maximum Gasteiger partial charge on any atom is 0.587 e. The highest BCUT2D eigenvalue weighted by Crippen LogP contribution is 2.52. The van der Waals surface area contributed by atoms with E-state index >= 15 is 0 Å². The fourth-order valence-corrected chi connectivity index (χ4v) is 7.10. The number of benzene rings is 2. The lowest BCUT2D eigenvalue weighted by atomic mass is 9.51. The molecule has 0 spiro atoms. The van der Waals surface area contributed by atoms with Gasteiger partial charge in [0.05, 0.1) is 30.2 Å². The van der Waals surface area contributed by atoms with Gasteiger partial charge in [0.15, 0.2) is 12.1 Å². The Bertz CT molecular complexity index is 1330. The third-order valence-corrected chi connectivity index (χ3v) is 9.18. The number of nitrogens with one attached hydrogen (secondary N) is 1. The molecule has 3 atom stereocenters. The predicted molar refractivity (Wildman–Crippen MR) is 152 cm³/mol. The molecule has 40 heavy (non-hydrogen) atoms. The van der Waals surface area contributed by atoms with Gasteiger partial charge < -0.3 is 23.9 Å². The minimum Gasteiger partial charge on any atom is -0.600 e. The largest absolute Gasteiger partial charge is 0.600 e. The summed E-state index contributed by atoms with van der Waals surface area (Å²) >= 11 is 12.1. The van der Waals surface area contributed by atoms with Gasteiger partial charge in [-0.15, -0.1) is 0 Å². The highest BCUT2D eigenvalue weighted by Gasteiger charge is 2.77. The number of quaternary nitrogens is 1. The van der Waals surface area contributed by atoms with Crippen molar-refractivity contribution in [2.24, 2.45) is 5.92 Å². The molecular formula is C28H32BCl2N3O6. The van der Waals surface area contributed by atoms with E-state index in [0.717, 1.165) is 5.69 Å². The topological polar surface area (TPSA) is 102 Å². The van der Waals surface area contributed by atoms with Gasteiger partial charge in [-0.1, -0.05) is 61.7 Å². The Morgan fingerprint density at radius 1 is 1.05 bits per heavy atom. The van der Waals surface area contributed by atoms with Crippen LogP contribution in [0.4, 0.5) is 5.69 Å². The fraction of sp³-hybridized carbons (Fsp3) is 0.429. The first-order valence-corrected chi connectivity index (χ1v) is 14.2. The zero-order chi connectivity index (χ0) is 28.8. The van der Waals surface area contributed by atoms with E-state index in [4.69, 9.17) is 32.5 Å². The van der Waals surface area contributed by atoms with Gasteiger partial charge in [-0.2, -0.15) is 0 Å². The molecule has 12 heteroatoms. The average molecular weight is 588 g/mol. The van der Waals surface area contributed by atoms with E-state index in [1.54, 1.807) is 6.07 Å². The third kappa shape index (κ3) is 4.76. The first kappa shape index (κ1) is 28.5. The summed E-state index contributed by atoms with van der Waals surface area (Å²) in [5.74, 6) is -2.07. The van der Waals surface area contributed by atoms with Crippen molar-refractivity contribution in [3.8, 4) is 0 Å². The number of nitrogens with zero attached hydrogens (tertiary/aromatic N) is 2. The molecule has 2 aromatic rings. The Morgan fingerprint density at radius 3 is 2.27 bits per heavy atom. The Morgan fingerprint density at radius 2 is 1.68 bits per heavy atom. The van der Waals surface area contributed by atoms with E-state index in [9.17, 15) is 19.2 Å². The van der Waals surface area contributed by atoms with Gasteiger partial charge in [-0.3, -0.25) is 9.59 Å².